The number of hydrogen-bond acceptors (Lipinski definition) is 11. The number of fused-ring (bicyclic) bond motifs is 2. The van der Waals surface area contributed by atoms with Gasteiger partial charge in [-0.05, 0) is 65.8 Å². The molecule has 0 aliphatic carbocycles. The third-order valence-electron chi connectivity index (χ3n) is 6.78. The van der Waals surface area contributed by atoms with E-state index in [4.69, 9.17) is 33.7 Å². The summed E-state index contributed by atoms with van der Waals surface area (Å²) in [5, 5.41) is 7.05. The summed E-state index contributed by atoms with van der Waals surface area (Å²) >= 11 is 0. The van der Waals surface area contributed by atoms with Crippen LogP contribution in [0.1, 0.15) is 53.3 Å². The molecule has 2 aliphatic heterocycles. The molecule has 0 radical (unpaired) electrons. The van der Waals surface area contributed by atoms with Gasteiger partial charge in [-0.2, -0.15) is 10.2 Å². The predicted octanol–water partition coefficient (Wildman–Crippen LogP) is 3.80. The summed E-state index contributed by atoms with van der Waals surface area (Å²) in [5.74, 6) is -0.901. The Morgan fingerprint density at radius 2 is 1.85 bits per heavy atom. The molecule has 6 atom stereocenters. The van der Waals surface area contributed by atoms with Crippen molar-refractivity contribution in [3.05, 3.63) is 54.5 Å². The molecule has 14 heteroatoms. The lowest BCUT2D eigenvalue weighted by Crippen LogP contribution is -2.45. The number of ether oxygens (including phenoxy) is 4. The lowest BCUT2D eigenvalue weighted by Gasteiger charge is -2.32. The van der Waals surface area contributed by atoms with Gasteiger partial charge < -0.3 is 29.2 Å². The number of nitrogen functional groups attached to an aromatic ring is 1. The second kappa shape index (κ2) is 11.0. The molecular weight excluding hydrogens is 553 g/mol. The highest BCUT2D eigenvalue weighted by atomic mass is 31.2. The molecule has 0 bridgehead atoms. The van der Waals surface area contributed by atoms with Crippen LogP contribution in [0.25, 0.3) is 5.52 Å². The van der Waals surface area contributed by atoms with Gasteiger partial charge in [0.05, 0.1) is 18.4 Å². The van der Waals surface area contributed by atoms with Gasteiger partial charge in [0.25, 0.3) is 0 Å². The van der Waals surface area contributed by atoms with Crippen LogP contribution in [0, 0.1) is 0 Å². The van der Waals surface area contributed by atoms with E-state index in [9.17, 15) is 9.36 Å². The molecule has 2 aromatic heterocycles. The van der Waals surface area contributed by atoms with Crippen molar-refractivity contribution in [2.24, 2.45) is 0 Å². The lowest BCUT2D eigenvalue weighted by molar-refractivity contribution is -0.212. The van der Waals surface area contributed by atoms with Crippen molar-refractivity contribution in [2.45, 2.75) is 83.4 Å². The first kappa shape index (κ1) is 29.4. The smallest absolute Gasteiger partial charge is 0.459 e. The van der Waals surface area contributed by atoms with Gasteiger partial charge in [0.2, 0.25) is 0 Å². The molecule has 1 aromatic carbocycles. The molecule has 222 valence electrons. The fraction of sp³-hybridized carbons (Fsp3) is 0.519. The number of para-hydroxylation sites is 1. The van der Waals surface area contributed by atoms with Gasteiger partial charge in [-0.15, -0.1) is 0 Å². The number of nitrogens with one attached hydrogen (secondary N) is 1. The average Bonchev–Trinajstić information content (AvgIpc) is 3.54. The van der Waals surface area contributed by atoms with Crippen molar-refractivity contribution in [1.82, 2.24) is 19.7 Å². The Morgan fingerprint density at radius 3 is 2.56 bits per heavy atom. The van der Waals surface area contributed by atoms with E-state index in [0.717, 1.165) is 0 Å². The molecule has 41 heavy (non-hydrogen) atoms. The van der Waals surface area contributed by atoms with Gasteiger partial charge in [-0.25, -0.2) is 14.1 Å². The molecule has 5 rings (SSSR count). The molecule has 3 aromatic rings. The first-order valence-electron chi connectivity index (χ1n) is 13.4. The van der Waals surface area contributed by atoms with Crippen LogP contribution in [0.5, 0.6) is 5.75 Å². The first-order chi connectivity index (χ1) is 19.3. The molecular formula is C27H36N5O8P. The monoisotopic (exact) mass is 589 g/mol. The van der Waals surface area contributed by atoms with Crippen molar-refractivity contribution in [3.8, 4) is 5.75 Å². The van der Waals surface area contributed by atoms with Gasteiger partial charge >= 0.3 is 13.7 Å². The summed E-state index contributed by atoms with van der Waals surface area (Å²) in [6.45, 7) is 10.2. The number of nitrogens with two attached hydrogens (primary N) is 1. The maximum Gasteiger partial charge on any atom is 0.459 e. The number of hydrogen-bond donors (Lipinski definition) is 2. The average molecular weight is 590 g/mol. The quantitative estimate of drug-likeness (QED) is 0.261. The topological polar surface area (TPSA) is 158 Å². The van der Waals surface area contributed by atoms with E-state index >= 15 is 0 Å². The minimum absolute atomic E-state index is 0.229. The van der Waals surface area contributed by atoms with Crippen LogP contribution in [0.2, 0.25) is 0 Å². The molecule has 3 N–H and O–H groups in total. The minimum atomic E-state index is -4.15. The summed E-state index contributed by atoms with van der Waals surface area (Å²) in [7, 11) is -4.15. The number of esters is 1. The molecule has 0 spiro atoms. The fourth-order valence-electron chi connectivity index (χ4n) is 4.99. The van der Waals surface area contributed by atoms with E-state index in [0.29, 0.717) is 22.8 Å². The maximum absolute atomic E-state index is 14.1. The van der Waals surface area contributed by atoms with Gasteiger partial charge in [0.1, 0.15) is 47.5 Å². The van der Waals surface area contributed by atoms with Crippen molar-refractivity contribution >= 4 is 25.1 Å². The number of aromatic nitrogens is 3. The van der Waals surface area contributed by atoms with Gasteiger partial charge in [-0.3, -0.25) is 9.32 Å². The van der Waals surface area contributed by atoms with Crippen molar-refractivity contribution in [1.29, 1.82) is 0 Å². The highest BCUT2D eigenvalue weighted by Crippen LogP contribution is 2.53. The SMILES string of the molecule is CC(C)OC(=O)[C@H](C)N[P@](=O)(OC[C@@]1(C)O[C@@H](c2ccc3c(N)ncnn23)[C@@H]2OC(C)(C)O[C@@H]21)Oc1ccccc1. The number of benzene rings is 1. The second-order valence-electron chi connectivity index (χ2n) is 11.1. The molecule has 0 saturated carbocycles. The summed E-state index contributed by atoms with van der Waals surface area (Å²) in [4.78, 5) is 16.6. The number of rotatable bonds is 10. The van der Waals surface area contributed by atoms with Crippen LogP contribution >= 0.6 is 7.75 Å². The fourth-order valence-corrected chi connectivity index (χ4v) is 6.57. The van der Waals surface area contributed by atoms with E-state index in [1.54, 1.807) is 61.7 Å². The highest BCUT2D eigenvalue weighted by Gasteiger charge is 2.62. The Kier molecular flexibility index (Phi) is 7.88. The van der Waals surface area contributed by atoms with Crippen molar-refractivity contribution in [3.63, 3.8) is 0 Å². The summed E-state index contributed by atoms with van der Waals surface area (Å²) in [6, 6.07) is 11.2. The van der Waals surface area contributed by atoms with Gasteiger partial charge in [-0.1, -0.05) is 18.2 Å². The minimum Gasteiger partial charge on any atom is -0.462 e. The summed E-state index contributed by atoms with van der Waals surface area (Å²) in [5.41, 5.74) is 6.20. The number of carbonyl (C=O) groups is 1. The zero-order chi connectivity index (χ0) is 29.6. The molecule has 2 saturated heterocycles. The van der Waals surface area contributed by atoms with Crippen LogP contribution in [0.15, 0.2) is 48.8 Å². The number of anilines is 1. The molecule has 13 nitrogen and oxygen atoms in total. The summed E-state index contributed by atoms with van der Waals surface area (Å²) in [6.07, 6.45) is -0.772. The lowest BCUT2D eigenvalue weighted by atomic mass is 9.97. The van der Waals surface area contributed by atoms with Crippen LogP contribution in [0.3, 0.4) is 0 Å². The second-order valence-corrected chi connectivity index (χ2v) is 12.8. The van der Waals surface area contributed by atoms with Gasteiger partial charge in [0, 0.05) is 0 Å². The number of nitrogens with zero attached hydrogens (tertiary/aromatic N) is 3. The van der Waals surface area contributed by atoms with E-state index < -0.39 is 49.5 Å². The van der Waals surface area contributed by atoms with Crippen molar-refractivity contribution in [2.75, 3.05) is 12.3 Å². The van der Waals surface area contributed by atoms with Crippen molar-refractivity contribution < 1.29 is 37.4 Å². The molecule has 2 fully saturated rings. The first-order valence-corrected chi connectivity index (χ1v) is 14.9. The zero-order valence-corrected chi connectivity index (χ0v) is 24.7. The third kappa shape index (κ3) is 6.11. The predicted molar refractivity (Wildman–Crippen MR) is 148 cm³/mol. The maximum atomic E-state index is 14.1. The highest BCUT2D eigenvalue weighted by molar-refractivity contribution is 7.52. The Labute approximate surface area is 238 Å². The normalized spacial score (nSPS) is 27.4. The Morgan fingerprint density at radius 1 is 1.12 bits per heavy atom. The molecule has 0 amide bonds. The largest absolute Gasteiger partial charge is 0.462 e. The van der Waals surface area contributed by atoms with Crippen LogP contribution in [0.4, 0.5) is 5.82 Å². The third-order valence-corrected chi connectivity index (χ3v) is 8.40. The van der Waals surface area contributed by atoms with E-state index in [-0.39, 0.29) is 12.7 Å². The van der Waals surface area contributed by atoms with E-state index in [1.807, 2.05) is 19.9 Å². The van der Waals surface area contributed by atoms with E-state index in [2.05, 4.69) is 15.2 Å². The van der Waals surface area contributed by atoms with Gasteiger partial charge in [0.15, 0.2) is 11.6 Å². The molecule has 4 heterocycles. The van der Waals surface area contributed by atoms with Crippen LogP contribution in [-0.4, -0.2) is 62.9 Å². The summed E-state index contributed by atoms with van der Waals surface area (Å²) < 4.78 is 51.9. The number of carbonyl (C=O) groups excluding carboxylic acids is 1. The molecule has 2 aliphatic rings. The standard InChI is InChI=1S/C27H36N5O8P/c1-16(2)36-25(33)17(3)31-41(34,40-18-10-8-7-9-11-18)35-14-27(6)23-22(37-26(4,5)39-23)21(38-27)19-12-13-20-24(28)29-15-30-32(19)20/h7-13,15-17,21-23H,14H2,1-6H3,(H,31,34)(H2,28,29,30)/t17-,21-,22-,23-,27+,41-/m0/s1. The Hall–Kier alpha value is -3.06. The zero-order valence-electron chi connectivity index (χ0n) is 23.8. The van der Waals surface area contributed by atoms with Crippen LogP contribution < -0.4 is 15.3 Å². The molecule has 0 unspecified atom stereocenters. The van der Waals surface area contributed by atoms with E-state index in [1.165, 1.54) is 13.3 Å². The van der Waals surface area contributed by atoms with Crippen LogP contribution in [-0.2, 0) is 32.8 Å². The Bertz CT molecular complexity index is 1450. The Balaban J connectivity index is 1.42.